The van der Waals surface area contributed by atoms with Gasteiger partial charge in [-0.1, -0.05) is 32.0 Å². The number of benzene rings is 2. The number of carbonyl (C=O) groups excluding carboxylic acids is 6. The Labute approximate surface area is 285 Å². The van der Waals surface area contributed by atoms with Crippen LogP contribution in [-0.4, -0.2) is 87.0 Å². The third-order valence-corrected chi connectivity index (χ3v) is 7.71. The van der Waals surface area contributed by atoms with Gasteiger partial charge >= 0.3 is 0 Å². The van der Waals surface area contributed by atoms with Gasteiger partial charge in [-0.2, -0.15) is 0 Å². The maximum Gasteiger partial charge on any atom is 0.255 e. The first kappa shape index (κ1) is 38.1. The molecule has 4 atom stereocenters. The molecule has 6 amide bonds. The SMILES string of the molecule is COc1ccc(CCCNC(=O)[C@@H]2CC(=O)N[C@@H](CC(N)=O)C(=O)N[C@H](C(C)C)C(=O)N[C@@H](C)COc3ccccc3C(=O)N2)cc1OC. The number of nitrogens with two attached hydrogens (primary N) is 1. The molecule has 0 saturated carbocycles. The van der Waals surface area contributed by atoms with Crippen molar-refractivity contribution in [3.05, 3.63) is 53.6 Å². The maximum atomic E-state index is 13.5. The molecule has 0 radical (unpaired) electrons. The average Bonchev–Trinajstić information content (AvgIpc) is 3.06. The summed E-state index contributed by atoms with van der Waals surface area (Å²) < 4.78 is 16.5. The molecule has 0 saturated heterocycles. The number of hydrogen-bond donors (Lipinski definition) is 6. The van der Waals surface area contributed by atoms with Crippen molar-refractivity contribution in [1.29, 1.82) is 0 Å². The molecule has 1 aliphatic heterocycles. The summed E-state index contributed by atoms with van der Waals surface area (Å²) in [5, 5.41) is 13.2. The van der Waals surface area contributed by atoms with Gasteiger partial charge < -0.3 is 46.5 Å². The van der Waals surface area contributed by atoms with Gasteiger partial charge in [0, 0.05) is 6.54 Å². The second kappa shape index (κ2) is 18.3. The molecule has 1 heterocycles. The largest absolute Gasteiger partial charge is 0.493 e. The lowest BCUT2D eigenvalue weighted by molar-refractivity contribution is -0.135. The fraction of sp³-hybridized carbons (Fsp3) is 0.471. The van der Waals surface area contributed by atoms with Crippen LogP contribution in [0.2, 0.25) is 0 Å². The topological polar surface area (TPSA) is 216 Å². The van der Waals surface area contributed by atoms with Gasteiger partial charge in [0.25, 0.3) is 5.91 Å². The van der Waals surface area contributed by atoms with E-state index in [0.717, 1.165) is 5.56 Å². The lowest BCUT2D eigenvalue weighted by Gasteiger charge is -2.26. The number of primary amides is 1. The van der Waals surface area contributed by atoms with Gasteiger partial charge in [0.05, 0.1) is 38.7 Å². The summed E-state index contributed by atoms with van der Waals surface area (Å²) in [6.45, 7) is 5.32. The number of ether oxygens (including phenoxy) is 3. The highest BCUT2D eigenvalue weighted by molar-refractivity contribution is 6.01. The van der Waals surface area contributed by atoms with E-state index in [1.165, 1.54) is 13.2 Å². The zero-order chi connectivity index (χ0) is 36.1. The molecule has 0 aliphatic carbocycles. The van der Waals surface area contributed by atoms with E-state index < -0.39 is 72.5 Å². The average molecular weight is 683 g/mol. The Balaban J connectivity index is 1.85. The molecule has 1 aliphatic rings. The van der Waals surface area contributed by atoms with Crippen LogP contribution in [-0.2, 0) is 30.4 Å². The summed E-state index contributed by atoms with van der Waals surface area (Å²) in [6, 6.07) is 7.46. The summed E-state index contributed by atoms with van der Waals surface area (Å²) in [6.07, 6.45) is -0.0432. The number of nitrogens with one attached hydrogen (secondary N) is 5. The van der Waals surface area contributed by atoms with Crippen molar-refractivity contribution in [3.63, 3.8) is 0 Å². The molecule has 266 valence electrons. The van der Waals surface area contributed by atoms with Crippen LogP contribution in [0.1, 0.15) is 56.0 Å². The van der Waals surface area contributed by atoms with Crippen LogP contribution >= 0.6 is 0 Å². The van der Waals surface area contributed by atoms with Crippen molar-refractivity contribution < 1.29 is 43.0 Å². The Morgan fingerprint density at radius 1 is 0.959 bits per heavy atom. The van der Waals surface area contributed by atoms with E-state index in [1.807, 2.05) is 12.1 Å². The molecule has 0 fully saturated rings. The monoisotopic (exact) mass is 682 g/mol. The van der Waals surface area contributed by atoms with Gasteiger partial charge in [-0.05, 0) is 55.5 Å². The third-order valence-electron chi connectivity index (χ3n) is 7.71. The Kier molecular flexibility index (Phi) is 14.2. The predicted molar refractivity (Wildman–Crippen MR) is 179 cm³/mol. The van der Waals surface area contributed by atoms with Crippen LogP contribution in [0.3, 0.4) is 0 Å². The summed E-state index contributed by atoms with van der Waals surface area (Å²) >= 11 is 0. The second-order valence-corrected chi connectivity index (χ2v) is 12.1. The first-order chi connectivity index (χ1) is 23.3. The van der Waals surface area contributed by atoms with Gasteiger partial charge in [0.2, 0.25) is 29.5 Å². The number of amides is 6. The molecular weight excluding hydrogens is 636 g/mol. The summed E-state index contributed by atoms with van der Waals surface area (Å²) in [4.78, 5) is 78.5. The first-order valence-corrected chi connectivity index (χ1v) is 16.0. The van der Waals surface area contributed by atoms with E-state index in [1.54, 1.807) is 52.1 Å². The zero-order valence-electron chi connectivity index (χ0n) is 28.4. The van der Waals surface area contributed by atoms with Gasteiger partial charge in [0.15, 0.2) is 11.5 Å². The highest BCUT2D eigenvalue weighted by Crippen LogP contribution is 2.28. The van der Waals surface area contributed by atoms with Gasteiger partial charge in [-0.25, -0.2) is 0 Å². The standard InChI is InChI=1S/C34H46N6O9/c1-19(2)30-34(46)37-20(3)18-49-25-11-7-6-10-22(25)31(43)39-24(17-29(42)38-23(16-28(35)41)33(45)40-30)32(44)36-14-8-9-21-12-13-26(47-4)27(15-21)48-5/h6-7,10-13,15,19-20,23-24,30H,8-9,14,16-18H2,1-5H3,(H2,35,41)(H,36,44)(H,37,46)(H,38,42)(H,39,43)(H,40,45)/t20-,23-,24-,30+/m0/s1. The highest BCUT2D eigenvalue weighted by Gasteiger charge is 2.32. The van der Waals surface area contributed by atoms with Crippen molar-refractivity contribution >= 4 is 35.4 Å². The van der Waals surface area contributed by atoms with Crippen molar-refractivity contribution in [2.24, 2.45) is 11.7 Å². The molecule has 49 heavy (non-hydrogen) atoms. The molecule has 0 spiro atoms. The third kappa shape index (κ3) is 11.4. The lowest BCUT2D eigenvalue weighted by atomic mass is 10.0. The van der Waals surface area contributed by atoms with E-state index in [2.05, 4.69) is 26.6 Å². The van der Waals surface area contributed by atoms with Gasteiger partial charge in [0.1, 0.15) is 30.5 Å². The number of para-hydroxylation sites is 1. The number of carbonyl (C=O) groups is 6. The zero-order valence-corrected chi connectivity index (χ0v) is 28.4. The smallest absolute Gasteiger partial charge is 0.255 e. The van der Waals surface area contributed by atoms with Crippen LogP contribution in [0.4, 0.5) is 0 Å². The van der Waals surface area contributed by atoms with E-state index in [-0.39, 0.29) is 30.4 Å². The van der Waals surface area contributed by atoms with Crippen molar-refractivity contribution in [3.8, 4) is 17.2 Å². The number of aryl methyl sites for hydroxylation is 1. The molecule has 2 aromatic rings. The van der Waals surface area contributed by atoms with Crippen LogP contribution in [0.25, 0.3) is 0 Å². The minimum absolute atomic E-state index is 0.0247. The molecular formula is C34H46N6O9. The van der Waals surface area contributed by atoms with E-state index >= 15 is 0 Å². The normalized spacial score (nSPS) is 20.7. The molecule has 2 aromatic carbocycles. The number of fused-ring (bicyclic) bond motifs is 1. The van der Waals surface area contributed by atoms with E-state index in [9.17, 15) is 28.8 Å². The van der Waals surface area contributed by atoms with Crippen molar-refractivity contribution in [2.45, 2.75) is 70.6 Å². The van der Waals surface area contributed by atoms with Crippen LogP contribution in [0.15, 0.2) is 42.5 Å². The van der Waals surface area contributed by atoms with Crippen LogP contribution in [0.5, 0.6) is 17.2 Å². The summed E-state index contributed by atoms with van der Waals surface area (Å²) in [5.41, 5.74) is 6.41. The van der Waals surface area contributed by atoms with Gasteiger partial charge in [-0.3, -0.25) is 28.8 Å². The fourth-order valence-corrected chi connectivity index (χ4v) is 5.12. The molecule has 3 rings (SSSR count). The van der Waals surface area contributed by atoms with E-state index in [0.29, 0.717) is 24.3 Å². The molecule has 0 unspecified atom stereocenters. The summed E-state index contributed by atoms with van der Waals surface area (Å²) in [7, 11) is 3.08. The maximum absolute atomic E-state index is 13.5. The second-order valence-electron chi connectivity index (χ2n) is 12.1. The molecule has 15 heteroatoms. The minimum Gasteiger partial charge on any atom is -0.493 e. The van der Waals surface area contributed by atoms with Crippen LogP contribution < -0.4 is 46.5 Å². The van der Waals surface area contributed by atoms with E-state index in [4.69, 9.17) is 19.9 Å². The Hall–Kier alpha value is -5.34. The van der Waals surface area contributed by atoms with Crippen LogP contribution in [0, 0.1) is 5.92 Å². The molecule has 0 bridgehead atoms. The number of methoxy groups -OCH3 is 2. The van der Waals surface area contributed by atoms with Gasteiger partial charge in [-0.15, -0.1) is 0 Å². The molecule has 7 N–H and O–H groups in total. The highest BCUT2D eigenvalue weighted by atomic mass is 16.5. The molecule has 0 aromatic heterocycles. The van der Waals surface area contributed by atoms with Crippen molar-refractivity contribution in [1.82, 2.24) is 26.6 Å². The number of rotatable bonds is 10. The predicted octanol–water partition coefficient (Wildman–Crippen LogP) is 0.339. The fourth-order valence-electron chi connectivity index (χ4n) is 5.12. The minimum atomic E-state index is -1.45. The molecule has 15 nitrogen and oxygen atoms in total. The summed E-state index contributed by atoms with van der Waals surface area (Å²) in [5.74, 6) is -3.38. The quantitative estimate of drug-likeness (QED) is 0.190. The first-order valence-electron chi connectivity index (χ1n) is 16.0. The number of hydrogen-bond acceptors (Lipinski definition) is 9. The Morgan fingerprint density at radius 3 is 2.35 bits per heavy atom. The van der Waals surface area contributed by atoms with Crippen molar-refractivity contribution in [2.75, 3.05) is 27.4 Å². The lowest BCUT2D eigenvalue weighted by Crippen LogP contribution is -2.58. The Morgan fingerprint density at radius 2 is 1.67 bits per heavy atom. The Bertz CT molecular complexity index is 1510.